The van der Waals surface area contributed by atoms with Crippen molar-refractivity contribution in [2.24, 2.45) is 33.8 Å². The first-order valence-electron chi connectivity index (χ1n) is 12.2. The molecule has 38 heavy (non-hydrogen) atoms. The van der Waals surface area contributed by atoms with Crippen LogP contribution in [-0.2, 0) is 24.0 Å². The Kier molecular flexibility index (Phi) is 12.1. The molecule has 214 valence electrons. The number of guanidine groups is 1. The molecule has 1 fully saturated rings. The Hall–Kier alpha value is -3.79. The summed E-state index contributed by atoms with van der Waals surface area (Å²) in [5, 5.41) is 14.2. The zero-order chi connectivity index (χ0) is 29.2. The number of aliphatic imine (C=N–C) groups is 1. The third-order valence-corrected chi connectivity index (χ3v) is 5.95. The quantitative estimate of drug-likeness (QED) is 0.0486. The number of carbonyl (C=O) groups excluding carboxylic acids is 5. The normalized spacial score (nSPS) is 17.4. The van der Waals surface area contributed by atoms with Crippen molar-refractivity contribution in [3.8, 4) is 0 Å². The van der Waals surface area contributed by atoms with Gasteiger partial charge in [-0.2, -0.15) is 0 Å². The summed E-state index contributed by atoms with van der Waals surface area (Å²) in [5.41, 5.74) is 19.4. The van der Waals surface area contributed by atoms with Crippen LogP contribution in [0.5, 0.6) is 0 Å². The van der Waals surface area contributed by atoms with E-state index in [1.165, 1.54) is 13.8 Å². The molecule has 16 nitrogen and oxygen atoms in total. The molecule has 0 unspecified atom stereocenters. The molecule has 0 spiro atoms. The topological polar surface area (TPSA) is 270 Å². The van der Waals surface area contributed by atoms with Crippen molar-refractivity contribution in [1.29, 1.82) is 0 Å². The first kappa shape index (κ1) is 32.2. The van der Waals surface area contributed by atoms with Crippen molar-refractivity contribution in [1.82, 2.24) is 20.4 Å². The first-order chi connectivity index (χ1) is 17.7. The average Bonchev–Trinajstić information content (AvgIpc) is 3.09. The summed E-state index contributed by atoms with van der Waals surface area (Å²) in [4.78, 5) is 82.9. The predicted octanol–water partition coefficient (Wildman–Crippen LogP) is -2.66. The highest BCUT2D eigenvalue weighted by atomic mass is 16.4. The maximum atomic E-state index is 13.8. The second kappa shape index (κ2) is 14.2. The van der Waals surface area contributed by atoms with E-state index in [0.29, 0.717) is 35.6 Å². The molecule has 1 aliphatic heterocycles. The van der Waals surface area contributed by atoms with Gasteiger partial charge in [-0.25, -0.2) is 14.6 Å². The van der Waals surface area contributed by atoms with Gasteiger partial charge in [0.2, 0.25) is 17.5 Å². The number of hydrogen-bond donors (Lipinski definition) is 7. The van der Waals surface area contributed by atoms with Gasteiger partial charge in [-0.05, 0) is 32.2 Å². The minimum Gasteiger partial charge on any atom is -0.481 e. The summed E-state index contributed by atoms with van der Waals surface area (Å²) in [6, 6.07) is -3.86. The van der Waals surface area contributed by atoms with Gasteiger partial charge in [0.05, 0.1) is 12.5 Å². The molecule has 1 rings (SSSR count). The van der Waals surface area contributed by atoms with Crippen LogP contribution >= 0.6 is 0 Å². The molecule has 16 heteroatoms. The molecule has 0 bridgehead atoms. The standard InChI is InChI=1S/C22H39N9O7/c1-12(2)22(19(37)27-9-5-4-8-23,30(13(3)32)17(35)14(24)11-16(33)34)31-18(36)15(29-21(31)38)7-6-10-28-20(25)26/h12,14-15H,4-11,23-24H2,1-3H3,(H,27,37)(H,29,38)(H,33,34)(H4,25,26,28)/t14-,15+,22+/m0/s1. The lowest BCUT2D eigenvalue weighted by molar-refractivity contribution is -0.176. The van der Waals surface area contributed by atoms with Crippen molar-refractivity contribution < 1.29 is 33.9 Å². The largest absolute Gasteiger partial charge is 0.481 e. The van der Waals surface area contributed by atoms with Gasteiger partial charge in [0.1, 0.15) is 6.04 Å². The van der Waals surface area contributed by atoms with Gasteiger partial charge in [-0.15, -0.1) is 0 Å². The van der Waals surface area contributed by atoms with Crippen LogP contribution in [-0.4, -0.2) is 93.9 Å². The number of nitrogens with one attached hydrogen (secondary N) is 2. The van der Waals surface area contributed by atoms with Crippen LogP contribution in [0.1, 0.15) is 52.9 Å². The Labute approximate surface area is 220 Å². The molecule has 3 atom stereocenters. The van der Waals surface area contributed by atoms with Crippen LogP contribution in [0.3, 0.4) is 0 Å². The molecule has 0 aliphatic carbocycles. The smallest absolute Gasteiger partial charge is 0.327 e. The van der Waals surface area contributed by atoms with E-state index in [0.717, 1.165) is 6.92 Å². The summed E-state index contributed by atoms with van der Waals surface area (Å²) < 4.78 is 0. The monoisotopic (exact) mass is 541 g/mol. The van der Waals surface area contributed by atoms with E-state index in [-0.39, 0.29) is 25.5 Å². The van der Waals surface area contributed by atoms with Crippen LogP contribution in [0.4, 0.5) is 4.79 Å². The highest BCUT2D eigenvalue weighted by Gasteiger charge is 2.62. The summed E-state index contributed by atoms with van der Waals surface area (Å²) >= 11 is 0. The summed E-state index contributed by atoms with van der Waals surface area (Å²) in [6.07, 6.45) is 0.520. The minimum absolute atomic E-state index is 0.0667. The van der Waals surface area contributed by atoms with Crippen LogP contribution in [0.25, 0.3) is 0 Å². The zero-order valence-electron chi connectivity index (χ0n) is 21.9. The van der Waals surface area contributed by atoms with Crippen molar-refractivity contribution in [3.63, 3.8) is 0 Å². The van der Waals surface area contributed by atoms with E-state index in [1.807, 2.05) is 0 Å². The Morgan fingerprint density at radius 1 is 1.18 bits per heavy atom. The first-order valence-corrected chi connectivity index (χ1v) is 12.2. The number of urea groups is 1. The van der Waals surface area contributed by atoms with Gasteiger partial charge < -0.3 is 38.7 Å². The fraction of sp³-hybridized carbons (Fsp3) is 0.682. The van der Waals surface area contributed by atoms with E-state index in [4.69, 9.17) is 28.0 Å². The van der Waals surface area contributed by atoms with Crippen molar-refractivity contribution >= 4 is 41.6 Å². The van der Waals surface area contributed by atoms with E-state index < -0.39 is 65.7 Å². The third-order valence-electron chi connectivity index (χ3n) is 5.95. The number of rotatable bonds is 15. The molecule has 11 N–H and O–H groups in total. The van der Waals surface area contributed by atoms with Crippen LogP contribution < -0.4 is 33.6 Å². The Morgan fingerprint density at radius 2 is 1.82 bits per heavy atom. The highest BCUT2D eigenvalue weighted by Crippen LogP contribution is 2.35. The van der Waals surface area contributed by atoms with E-state index in [1.54, 1.807) is 0 Å². The molecule has 6 amide bonds. The second-order valence-corrected chi connectivity index (χ2v) is 9.15. The fourth-order valence-corrected chi connectivity index (χ4v) is 4.24. The number of carboxylic acid groups (broad SMARTS) is 1. The lowest BCUT2D eigenvalue weighted by Crippen LogP contribution is -2.75. The third kappa shape index (κ3) is 7.38. The number of nitrogens with two attached hydrogens (primary N) is 4. The minimum atomic E-state index is -2.49. The molecule has 0 radical (unpaired) electrons. The molecule has 0 aromatic heterocycles. The molecule has 1 aliphatic rings. The number of imide groups is 2. The lowest BCUT2D eigenvalue weighted by Gasteiger charge is -2.48. The number of carboxylic acids is 1. The average molecular weight is 542 g/mol. The molecule has 1 heterocycles. The van der Waals surface area contributed by atoms with Gasteiger partial charge in [0.15, 0.2) is 5.96 Å². The van der Waals surface area contributed by atoms with Gasteiger partial charge in [0.25, 0.3) is 11.8 Å². The van der Waals surface area contributed by atoms with Crippen molar-refractivity contribution in [2.75, 3.05) is 19.6 Å². The molecule has 0 saturated carbocycles. The number of carbonyl (C=O) groups is 6. The van der Waals surface area contributed by atoms with Crippen LogP contribution in [0.2, 0.25) is 0 Å². The van der Waals surface area contributed by atoms with Gasteiger partial charge in [-0.3, -0.25) is 29.0 Å². The van der Waals surface area contributed by atoms with E-state index in [2.05, 4.69) is 15.6 Å². The number of hydrogen-bond acceptors (Lipinski definition) is 9. The number of unbranched alkanes of at least 4 members (excludes halogenated alkanes) is 1. The van der Waals surface area contributed by atoms with Crippen LogP contribution in [0, 0.1) is 5.92 Å². The SMILES string of the molecule is CC(=O)N(C(=O)[C@@H](N)CC(=O)O)[C@](C(=O)NCCCCN)(C(C)C)N1C(=O)N[C@H](CCCN=C(N)N)C1=O. The molecule has 0 aromatic rings. The van der Waals surface area contributed by atoms with Crippen molar-refractivity contribution in [2.45, 2.75) is 70.6 Å². The summed E-state index contributed by atoms with van der Waals surface area (Å²) in [7, 11) is 0. The van der Waals surface area contributed by atoms with E-state index >= 15 is 0 Å². The zero-order valence-corrected chi connectivity index (χ0v) is 21.9. The van der Waals surface area contributed by atoms with Gasteiger partial charge in [-0.1, -0.05) is 13.8 Å². The molecule has 1 saturated heterocycles. The number of amides is 6. The lowest BCUT2D eigenvalue weighted by atomic mass is 9.88. The van der Waals surface area contributed by atoms with Crippen LogP contribution in [0.15, 0.2) is 4.99 Å². The highest BCUT2D eigenvalue weighted by molar-refractivity contribution is 6.12. The molecular formula is C22H39N9O7. The van der Waals surface area contributed by atoms with Gasteiger partial charge in [0, 0.05) is 25.9 Å². The Balaban J connectivity index is 3.63. The molecule has 0 aromatic carbocycles. The fourth-order valence-electron chi connectivity index (χ4n) is 4.24. The molecular weight excluding hydrogens is 502 g/mol. The second-order valence-electron chi connectivity index (χ2n) is 9.15. The van der Waals surface area contributed by atoms with Gasteiger partial charge >= 0.3 is 12.0 Å². The maximum absolute atomic E-state index is 13.8. The number of nitrogens with zero attached hydrogens (tertiary/aromatic N) is 3. The van der Waals surface area contributed by atoms with E-state index in [9.17, 15) is 28.8 Å². The Morgan fingerprint density at radius 3 is 2.32 bits per heavy atom. The maximum Gasteiger partial charge on any atom is 0.327 e. The number of aliphatic carboxylic acids is 1. The Bertz CT molecular complexity index is 951. The predicted molar refractivity (Wildman–Crippen MR) is 136 cm³/mol. The van der Waals surface area contributed by atoms with Crippen molar-refractivity contribution in [3.05, 3.63) is 0 Å². The summed E-state index contributed by atoms with van der Waals surface area (Å²) in [6.45, 7) is 4.42. The summed E-state index contributed by atoms with van der Waals surface area (Å²) in [5.74, 6) is -6.70.